The van der Waals surface area contributed by atoms with Crippen LogP contribution in [-0.2, 0) is 6.54 Å². The molecule has 2 saturated carbocycles. The molecule has 1 heterocycles. The summed E-state index contributed by atoms with van der Waals surface area (Å²) in [7, 11) is 0. The van der Waals surface area contributed by atoms with Crippen molar-refractivity contribution in [2.45, 2.75) is 57.5 Å². The van der Waals surface area contributed by atoms with Crippen LogP contribution in [0.5, 0.6) is 0 Å². The Bertz CT molecular complexity index is 389. The van der Waals surface area contributed by atoms with E-state index in [4.69, 9.17) is 9.83 Å². The van der Waals surface area contributed by atoms with Crippen LogP contribution in [0.3, 0.4) is 0 Å². The van der Waals surface area contributed by atoms with E-state index in [9.17, 15) is 0 Å². The van der Waals surface area contributed by atoms with Gasteiger partial charge in [0.1, 0.15) is 5.76 Å². The summed E-state index contributed by atoms with van der Waals surface area (Å²) < 4.78 is 5.44. The number of nitrogens with one attached hydrogen (secondary N) is 1. The number of furan rings is 1. The maximum atomic E-state index is 8.50. The van der Waals surface area contributed by atoms with Crippen molar-refractivity contribution < 1.29 is 4.42 Å². The summed E-state index contributed by atoms with van der Waals surface area (Å²) in [5.41, 5.74) is 0. The lowest BCUT2D eigenvalue weighted by Gasteiger charge is -2.31. The van der Waals surface area contributed by atoms with Crippen LogP contribution in [0.1, 0.15) is 50.7 Å². The van der Waals surface area contributed by atoms with Gasteiger partial charge in [0, 0.05) is 12.0 Å². The molecule has 1 aromatic rings. The molecule has 3 nitrogen and oxygen atoms in total. The molecule has 0 spiro atoms. The first-order valence-corrected chi connectivity index (χ1v) is 7.22. The van der Waals surface area contributed by atoms with Crippen molar-refractivity contribution in [3.63, 3.8) is 0 Å². The van der Waals surface area contributed by atoms with E-state index in [-0.39, 0.29) is 0 Å². The third kappa shape index (κ3) is 2.60. The van der Waals surface area contributed by atoms with Crippen LogP contribution in [-0.4, -0.2) is 16.8 Å². The molecule has 0 aromatic carbocycles. The van der Waals surface area contributed by atoms with Crippen molar-refractivity contribution in [1.82, 2.24) is 4.90 Å². The lowest BCUT2D eigenvalue weighted by molar-refractivity contribution is 0.315. The Morgan fingerprint density at radius 2 is 2.00 bits per heavy atom. The van der Waals surface area contributed by atoms with Crippen molar-refractivity contribution in [2.75, 3.05) is 0 Å². The van der Waals surface area contributed by atoms with Gasteiger partial charge in [-0.05, 0) is 37.8 Å². The minimum atomic E-state index is 0.495. The second kappa shape index (κ2) is 5.17. The molecule has 2 aliphatic rings. The van der Waals surface area contributed by atoms with E-state index in [1.54, 1.807) is 6.26 Å². The summed E-state index contributed by atoms with van der Waals surface area (Å²) in [5.74, 6) is 2.35. The molecule has 18 heavy (non-hydrogen) atoms. The number of amidine groups is 1. The SMILES string of the molecule is N=C(C1CCCCC1)N(Cc1ccco1)C1CC1. The average Bonchev–Trinajstić information content (AvgIpc) is 3.13. The van der Waals surface area contributed by atoms with Crippen molar-refractivity contribution in [3.8, 4) is 0 Å². The molecule has 0 bridgehead atoms. The predicted molar refractivity (Wildman–Crippen MR) is 71.6 cm³/mol. The zero-order valence-corrected chi connectivity index (χ0v) is 10.9. The zero-order valence-electron chi connectivity index (χ0n) is 10.9. The van der Waals surface area contributed by atoms with Gasteiger partial charge in [-0.25, -0.2) is 0 Å². The quantitative estimate of drug-likeness (QED) is 0.648. The van der Waals surface area contributed by atoms with E-state index in [0.717, 1.165) is 18.1 Å². The number of hydrogen-bond donors (Lipinski definition) is 1. The molecule has 0 unspecified atom stereocenters. The largest absolute Gasteiger partial charge is 0.467 e. The van der Waals surface area contributed by atoms with E-state index in [2.05, 4.69) is 4.90 Å². The van der Waals surface area contributed by atoms with Crippen LogP contribution in [0.2, 0.25) is 0 Å². The Kier molecular flexibility index (Phi) is 3.39. The summed E-state index contributed by atoms with van der Waals surface area (Å²) in [5, 5.41) is 8.50. The number of nitrogens with zero attached hydrogens (tertiary/aromatic N) is 1. The topological polar surface area (TPSA) is 40.2 Å². The van der Waals surface area contributed by atoms with Gasteiger partial charge in [0.25, 0.3) is 0 Å². The molecule has 0 aliphatic heterocycles. The van der Waals surface area contributed by atoms with Gasteiger partial charge in [0.05, 0.1) is 18.6 Å². The van der Waals surface area contributed by atoms with Gasteiger partial charge in [0.15, 0.2) is 0 Å². The van der Waals surface area contributed by atoms with E-state index in [1.807, 2.05) is 12.1 Å². The molecular weight excluding hydrogens is 224 g/mol. The lowest BCUT2D eigenvalue weighted by atomic mass is 9.88. The second-order valence-electron chi connectivity index (χ2n) is 5.66. The maximum absolute atomic E-state index is 8.50. The Labute approximate surface area is 109 Å². The van der Waals surface area contributed by atoms with Crippen LogP contribution >= 0.6 is 0 Å². The smallest absolute Gasteiger partial charge is 0.123 e. The average molecular weight is 246 g/mol. The Hall–Kier alpha value is -1.25. The first-order valence-electron chi connectivity index (χ1n) is 7.22. The van der Waals surface area contributed by atoms with Gasteiger partial charge in [-0.3, -0.25) is 5.41 Å². The maximum Gasteiger partial charge on any atom is 0.123 e. The summed E-state index contributed by atoms with van der Waals surface area (Å²) in [4.78, 5) is 2.29. The summed E-state index contributed by atoms with van der Waals surface area (Å²) >= 11 is 0. The molecule has 98 valence electrons. The van der Waals surface area contributed by atoms with Gasteiger partial charge in [-0.15, -0.1) is 0 Å². The highest BCUT2D eigenvalue weighted by Gasteiger charge is 2.34. The van der Waals surface area contributed by atoms with Gasteiger partial charge >= 0.3 is 0 Å². The van der Waals surface area contributed by atoms with E-state index >= 15 is 0 Å². The molecule has 1 N–H and O–H groups in total. The van der Waals surface area contributed by atoms with Gasteiger partial charge < -0.3 is 9.32 Å². The first-order chi connectivity index (χ1) is 8.84. The fraction of sp³-hybridized carbons (Fsp3) is 0.667. The van der Waals surface area contributed by atoms with Gasteiger partial charge in [-0.2, -0.15) is 0 Å². The third-order valence-corrected chi connectivity index (χ3v) is 4.20. The molecule has 0 atom stereocenters. The molecule has 0 saturated heterocycles. The fourth-order valence-corrected chi connectivity index (χ4v) is 2.98. The minimum absolute atomic E-state index is 0.495. The summed E-state index contributed by atoms with van der Waals surface area (Å²) in [6.07, 6.45) is 10.6. The summed E-state index contributed by atoms with van der Waals surface area (Å²) in [6.45, 7) is 0.785. The Morgan fingerprint density at radius 3 is 2.61 bits per heavy atom. The lowest BCUT2D eigenvalue weighted by Crippen LogP contribution is -2.37. The summed E-state index contributed by atoms with van der Waals surface area (Å²) in [6, 6.07) is 4.55. The molecule has 3 rings (SSSR count). The Balaban J connectivity index is 1.66. The predicted octanol–water partition coefficient (Wildman–Crippen LogP) is 3.80. The third-order valence-electron chi connectivity index (χ3n) is 4.20. The second-order valence-corrected chi connectivity index (χ2v) is 5.66. The minimum Gasteiger partial charge on any atom is -0.467 e. The number of rotatable bonds is 4. The highest BCUT2D eigenvalue weighted by molar-refractivity contribution is 5.82. The molecule has 2 aliphatic carbocycles. The molecule has 3 heteroatoms. The molecule has 2 fully saturated rings. The normalized spacial score (nSPS) is 20.9. The Morgan fingerprint density at radius 1 is 1.22 bits per heavy atom. The highest BCUT2D eigenvalue weighted by atomic mass is 16.3. The van der Waals surface area contributed by atoms with Crippen molar-refractivity contribution >= 4 is 5.84 Å². The van der Waals surface area contributed by atoms with Crippen LogP contribution in [0.25, 0.3) is 0 Å². The number of hydrogen-bond acceptors (Lipinski definition) is 2. The van der Waals surface area contributed by atoms with Crippen LogP contribution in [0, 0.1) is 11.3 Å². The van der Waals surface area contributed by atoms with Crippen LogP contribution in [0.4, 0.5) is 0 Å². The van der Waals surface area contributed by atoms with Crippen molar-refractivity contribution in [1.29, 1.82) is 5.41 Å². The monoisotopic (exact) mass is 246 g/mol. The van der Waals surface area contributed by atoms with E-state index in [1.165, 1.54) is 44.9 Å². The van der Waals surface area contributed by atoms with Gasteiger partial charge in [-0.1, -0.05) is 19.3 Å². The van der Waals surface area contributed by atoms with Crippen molar-refractivity contribution in [2.24, 2.45) is 5.92 Å². The van der Waals surface area contributed by atoms with Crippen LogP contribution in [0.15, 0.2) is 22.8 Å². The van der Waals surface area contributed by atoms with Crippen molar-refractivity contribution in [3.05, 3.63) is 24.2 Å². The van der Waals surface area contributed by atoms with E-state index in [0.29, 0.717) is 12.0 Å². The molecule has 1 aromatic heterocycles. The highest BCUT2D eigenvalue weighted by Crippen LogP contribution is 2.33. The molecular formula is C15H22N2O. The fourth-order valence-electron chi connectivity index (χ4n) is 2.98. The molecule has 0 amide bonds. The standard InChI is InChI=1S/C15H22N2O/c16-15(12-5-2-1-3-6-12)17(13-8-9-13)11-14-7-4-10-18-14/h4,7,10,12-13,16H,1-3,5-6,8-9,11H2. The zero-order chi connectivity index (χ0) is 12.4. The molecule has 0 radical (unpaired) electrons. The van der Waals surface area contributed by atoms with Gasteiger partial charge in [0.2, 0.25) is 0 Å². The van der Waals surface area contributed by atoms with E-state index < -0.39 is 0 Å². The van der Waals surface area contributed by atoms with Crippen LogP contribution < -0.4 is 0 Å². The first kappa shape index (κ1) is 11.8.